The van der Waals surface area contributed by atoms with Crippen molar-refractivity contribution in [1.82, 2.24) is 9.55 Å². The van der Waals surface area contributed by atoms with Gasteiger partial charge in [-0.2, -0.15) is 0 Å². The van der Waals surface area contributed by atoms with Gasteiger partial charge in [0.2, 0.25) is 0 Å². The highest BCUT2D eigenvalue weighted by molar-refractivity contribution is 7.99. The van der Waals surface area contributed by atoms with Crippen LogP contribution in [0.3, 0.4) is 0 Å². The van der Waals surface area contributed by atoms with E-state index in [2.05, 4.69) is 16.5 Å². The lowest BCUT2D eigenvalue weighted by atomic mass is 10.6. The molecule has 56 valence electrons. The number of hydrogen-bond donors (Lipinski definition) is 0. The Hall–Kier alpha value is -0.440. The van der Waals surface area contributed by atoms with Gasteiger partial charge in [-0.3, -0.25) is 0 Å². The van der Waals surface area contributed by atoms with Crippen LogP contribution in [0.25, 0.3) is 0 Å². The molecular weight excluding hydrogens is 144 g/mol. The Balaban J connectivity index is 2.87. The van der Waals surface area contributed by atoms with E-state index in [0.717, 1.165) is 11.4 Å². The van der Waals surface area contributed by atoms with Crippen molar-refractivity contribution in [2.45, 2.75) is 18.9 Å². The third-order valence-corrected chi connectivity index (χ3v) is 2.48. The van der Waals surface area contributed by atoms with Gasteiger partial charge in [0.15, 0.2) is 0 Å². The van der Waals surface area contributed by atoms with Crippen molar-refractivity contribution in [3.8, 4) is 0 Å². The zero-order chi connectivity index (χ0) is 7.56. The third kappa shape index (κ3) is 1.34. The van der Waals surface area contributed by atoms with Crippen molar-refractivity contribution in [3.05, 3.63) is 12.0 Å². The minimum atomic E-state index is 1.11. The van der Waals surface area contributed by atoms with Crippen LogP contribution in [0.15, 0.2) is 11.4 Å². The Labute approximate surface area is 65.7 Å². The molecule has 0 amide bonds. The van der Waals surface area contributed by atoms with Gasteiger partial charge in [-0.1, -0.05) is 6.92 Å². The van der Waals surface area contributed by atoms with E-state index in [1.54, 1.807) is 0 Å². The Morgan fingerprint density at radius 3 is 2.80 bits per heavy atom. The second kappa shape index (κ2) is 3.10. The third-order valence-electron chi connectivity index (χ3n) is 1.34. The highest BCUT2D eigenvalue weighted by Crippen LogP contribution is 2.19. The molecule has 3 heteroatoms. The molecule has 0 spiro atoms. The molecule has 1 rings (SSSR count). The normalized spacial score (nSPS) is 10.3. The Kier molecular flexibility index (Phi) is 2.38. The highest BCUT2D eigenvalue weighted by Gasteiger charge is 2.01. The maximum Gasteiger partial charge on any atom is 0.0973 e. The van der Waals surface area contributed by atoms with Gasteiger partial charge >= 0.3 is 0 Å². The van der Waals surface area contributed by atoms with Crippen LogP contribution in [-0.2, 0) is 7.05 Å². The van der Waals surface area contributed by atoms with E-state index in [0.29, 0.717) is 0 Å². The van der Waals surface area contributed by atoms with Crippen LogP contribution in [0.2, 0.25) is 0 Å². The van der Waals surface area contributed by atoms with E-state index in [9.17, 15) is 0 Å². The molecule has 1 heterocycles. The van der Waals surface area contributed by atoms with Crippen molar-refractivity contribution in [3.63, 3.8) is 0 Å². The topological polar surface area (TPSA) is 17.8 Å². The smallest absolute Gasteiger partial charge is 0.0973 e. The first-order valence-electron chi connectivity index (χ1n) is 3.36. The van der Waals surface area contributed by atoms with E-state index in [-0.39, 0.29) is 0 Å². The molecule has 0 radical (unpaired) electrons. The summed E-state index contributed by atoms with van der Waals surface area (Å²) in [6, 6.07) is 0. The van der Waals surface area contributed by atoms with E-state index >= 15 is 0 Å². The molecule has 0 aliphatic heterocycles. The molecule has 1 aromatic heterocycles. The molecule has 10 heavy (non-hydrogen) atoms. The lowest BCUT2D eigenvalue weighted by Gasteiger charge is -1.98. The van der Waals surface area contributed by atoms with E-state index < -0.39 is 0 Å². The van der Waals surface area contributed by atoms with E-state index in [1.165, 1.54) is 5.03 Å². The molecule has 0 N–H and O–H groups in total. The molecular formula is C7H12N2S. The molecule has 0 saturated heterocycles. The molecule has 0 bridgehead atoms. The van der Waals surface area contributed by atoms with Crippen LogP contribution in [0, 0.1) is 6.92 Å². The molecule has 0 aliphatic rings. The molecule has 0 atom stereocenters. The van der Waals surface area contributed by atoms with Gasteiger partial charge in [0, 0.05) is 7.05 Å². The molecule has 2 nitrogen and oxygen atoms in total. The fraction of sp³-hybridized carbons (Fsp3) is 0.571. The van der Waals surface area contributed by atoms with Crippen molar-refractivity contribution in [2.75, 3.05) is 5.75 Å². The van der Waals surface area contributed by atoms with E-state index in [4.69, 9.17) is 0 Å². The number of hydrogen-bond acceptors (Lipinski definition) is 2. The quantitative estimate of drug-likeness (QED) is 0.608. The molecule has 0 aromatic carbocycles. The summed E-state index contributed by atoms with van der Waals surface area (Å²) >= 11 is 1.84. The van der Waals surface area contributed by atoms with Crippen LogP contribution in [0.1, 0.15) is 12.6 Å². The van der Waals surface area contributed by atoms with Crippen LogP contribution in [0.4, 0.5) is 0 Å². The number of imidazole rings is 1. The zero-order valence-electron chi connectivity index (χ0n) is 6.59. The van der Waals surface area contributed by atoms with Crippen molar-refractivity contribution in [2.24, 2.45) is 7.05 Å². The standard InChI is InChI=1S/C7H12N2S/c1-4-10-7-6(2)8-5-9(7)3/h5H,4H2,1-3H3. The molecule has 0 aliphatic carbocycles. The Morgan fingerprint density at radius 1 is 1.70 bits per heavy atom. The largest absolute Gasteiger partial charge is 0.329 e. The van der Waals surface area contributed by atoms with Crippen molar-refractivity contribution in [1.29, 1.82) is 0 Å². The van der Waals surface area contributed by atoms with Gasteiger partial charge in [-0.15, -0.1) is 11.8 Å². The van der Waals surface area contributed by atoms with Crippen LogP contribution in [-0.4, -0.2) is 15.3 Å². The Morgan fingerprint density at radius 2 is 2.40 bits per heavy atom. The molecule has 1 aromatic rings. The Bertz CT molecular complexity index is 198. The molecule has 0 saturated carbocycles. The fourth-order valence-corrected chi connectivity index (χ4v) is 1.66. The fourth-order valence-electron chi connectivity index (χ4n) is 0.879. The van der Waals surface area contributed by atoms with Crippen molar-refractivity contribution < 1.29 is 0 Å². The zero-order valence-corrected chi connectivity index (χ0v) is 7.40. The summed E-state index contributed by atoms with van der Waals surface area (Å²) in [6.45, 7) is 4.19. The monoisotopic (exact) mass is 156 g/mol. The minimum absolute atomic E-state index is 1.11. The second-order valence-electron chi connectivity index (χ2n) is 2.18. The summed E-state index contributed by atoms with van der Waals surface area (Å²) in [5.74, 6) is 1.11. The van der Waals surface area contributed by atoms with Gasteiger partial charge in [-0.05, 0) is 12.7 Å². The predicted octanol–water partition coefficient (Wildman–Crippen LogP) is 1.84. The summed E-state index contributed by atoms with van der Waals surface area (Å²) in [4.78, 5) is 4.18. The maximum atomic E-state index is 4.18. The van der Waals surface area contributed by atoms with Crippen LogP contribution < -0.4 is 0 Å². The first-order valence-corrected chi connectivity index (χ1v) is 4.35. The predicted molar refractivity (Wildman–Crippen MR) is 44.3 cm³/mol. The lowest BCUT2D eigenvalue weighted by molar-refractivity contribution is 0.818. The number of rotatable bonds is 2. The van der Waals surface area contributed by atoms with Gasteiger partial charge in [0.1, 0.15) is 0 Å². The molecule has 0 unspecified atom stereocenters. The molecule has 0 fully saturated rings. The average molecular weight is 156 g/mol. The first-order chi connectivity index (χ1) is 4.75. The maximum absolute atomic E-state index is 4.18. The van der Waals surface area contributed by atoms with Gasteiger partial charge < -0.3 is 4.57 Å². The first kappa shape index (κ1) is 7.66. The van der Waals surface area contributed by atoms with Crippen LogP contribution >= 0.6 is 11.8 Å². The second-order valence-corrected chi connectivity index (χ2v) is 3.43. The lowest BCUT2D eigenvalue weighted by Crippen LogP contribution is -1.88. The van der Waals surface area contributed by atoms with Gasteiger partial charge in [-0.25, -0.2) is 4.98 Å². The average Bonchev–Trinajstić information content (AvgIpc) is 2.20. The summed E-state index contributed by atoms with van der Waals surface area (Å²) in [5.41, 5.74) is 1.13. The summed E-state index contributed by atoms with van der Waals surface area (Å²) in [6.07, 6.45) is 1.85. The summed E-state index contributed by atoms with van der Waals surface area (Å²) in [5, 5.41) is 1.28. The van der Waals surface area contributed by atoms with Crippen LogP contribution in [0.5, 0.6) is 0 Å². The number of aromatic nitrogens is 2. The van der Waals surface area contributed by atoms with Gasteiger partial charge in [0.25, 0.3) is 0 Å². The number of nitrogens with zero attached hydrogens (tertiary/aromatic N) is 2. The van der Waals surface area contributed by atoms with Crippen molar-refractivity contribution >= 4 is 11.8 Å². The number of aryl methyl sites for hydroxylation is 2. The van der Waals surface area contributed by atoms with E-state index in [1.807, 2.05) is 32.1 Å². The highest BCUT2D eigenvalue weighted by atomic mass is 32.2. The van der Waals surface area contributed by atoms with Gasteiger partial charge in [0.05, 0.1) is 17.0 Å². The summed E-state index contributed by atoms with van der Waals surface area (Å²) in [7, 11) is 2.03. The minimum Gasteiger partial charge on any atom is -0.329 e. The number of thioether (sulfide) groups is 1. The summed E-state index contributed by atoms with van der Waals surface area (Å²) < 4.78 is 2.06. The SMILES string of the molecule is CCSc1c(C)ncn1C.